The van der Waals surface area contributed by atoms with Gasteiger partial charge in [-0.1, -0.05) is 62.4 Å². The molecule has 1 fully saturated rings. The highest BCUT2D eigenvalue weighted by atomic mass is 32.2. The van der Waals surface area contributed by atoms with Crippen molar-refractivity contribution in [3.05, 3.63) is 71.9 Å². The molecule has 6 amide bonds. The van der Waals surface area contributed by atoms with Crippen molar-refractivity contribution in [2.45, 2.75) is 82.2 Å². The van der Waals surface area contributed by atoms with Gasteiger partial charge in [0.2, 0.25) is 35.4 Å². The van der Waals surface area contributed by atoms with Gasteiger partial charge in [-0.2, -0.15) is 11.8 Å². The lowest BCUT2D eigenvalue weighted by Gasteiger charge is -2.29. The molecule has 6 atom stereocenters. The van der Waals surface area contributed by atoms with Gasteiger partial charge in [0.1, 0.15) is 36.3 Å². The first-order valence-corrected chi connectivity index (χ1v) is 19.5. The summed E-state index contributed by atoms with van der Waals surface area (Å²) in [6.45, 7) is 3.33. The van der Waals surface area contributed by atoms with Crippen molar-refractivity contribution >= 4 is 64.1 Å². The third kappa shape index (κ3) is 12.3. The Kier molecular flexibility index (Phi) is 15.6. The molecule has 2 heterocycles. The molecule has 1 saturated heterocycles. The Morgan fingerprint density at radius 3 is 1.84 bits per heavy atom. The largest absolute Gasteiger partial charge is 0.481 e. The quantitative estimate of drug-likeness (QED) is 0.120. The third-order valence-electron chi connectivity index (χ3n) is 9.11. The van der Waals surface area contributed by atoms with Gasteiger partial charge in [-0.05, 0) is 48.0 Å². The first-order valence-electron chi connectivity index (χ1n) is 18.1. The van der Waals surface area contributed by atoms with E-state index in [-0.39, 0.29) is 38.1 Å². The molecule has 17 heteroatoms. The number of benzene rings is 2. The van der Waals surface area contributed by atoms with Gasteiger partial charge in [0.15, 0.2) is 0 Å². The predicted octanol–water partition coefficient (Wildman–Crippen LogP) is 0.108. The summed E-state index contributed by atoms with van der Waals surface area (Å²) in [5.74, 6) is -5.86. The number of fused-ring (bicyclic) bond motifs is 1. The number of carbonyl (C=O) groups is 7. The number of nitrogens with two attached hydrogens (primary N) is 1. The van der Waals surface area contributed by atoms with Gasteiger partial charge in [-0.15, -0.1) is 0 Å². The number of carboxylic acids is 1. The summed E-state index contributed by atoms with van der Waals surface area (Å²) in [5, 5.41) is 26.3. The lowest BCUT2D eigenvalue weighted by atomic mass is 10.0. The van der Waals surface area contributed by atoms with Crippen molar-refractivity contribution in [3.63, 3.8) is 0 Å². The molecular formula is C38H50N8O8S. The van der Waals surface area contributed by atoms with Crippen LogP contribution in [0.25, 0.3) is 10.9 Å². The van der Waals surface area contributed by atoms with E-state index in [4.69, 9.17) is 5.73 Å². The van der Waals surface area contributed by atoms with Crippen LogP contribution in [0.1, 0.15) is 44.2 Å². The second kappa shape index (κ2) is 20.3. The van der Waals surface area contributed by atoms with Crippen LogP contribution in [-0.2, 0) is 46.4 Å². The third-order valence-corrected chi connectivity index (χ3v) is 9.76. The molecule has 0 saturated carbocycles. The van der Waals surface area contributed by atoms with Crippen LogP contribution in [0.5, 0.6) is 0 Å². The molecule has 0 spiro atoms. The smallest absolute Gasteiger partial charge is 0.305 e. The number of H-pyrrole nitrogens is 1. The molecule has 2 aromatic carbocycles. The summed E-state index contributed by atoms with van der Waals surface area (Å²) in [5.41, 5.74) is 8.05. The molecule has 16 nitrogen and oxygen atoms in total. The van der Waals surface area contributed by atoms with Crippen LogP contribution in [0.4, 0.5) is 0 Å². The van der Waals surface area contributed by atoms with Crippen LogP contribution < -0.4 is 37.6 Å². The normalized spacial score (nSPS) is 23.4. The number of hydrogen-bond acceptors (Lipinski definition) is 9. The number of carbonyl (C=O) groups excluding carboxylic acids is 6. The molecule has 4 rings (SSSR count). The number of amides is 6. The predicted molar refractivity (Wildman–Crippen MR) is 207 cm³/mol. The van der Waals surface area contributed by atoms with Crippen LogP contribution in [0.3, 0.4) is 0 Å². The zero-order valence-electron chi connectivity index (χ0n) is 31.1. The van der Waals surface area contributed by atoms with E-state index in [1.165, 1.54) is 11.8 Å². The average Bonchev–Trinajstić information content (AvgIpc) is 3.56. The molecule has 1 aliphatic rings. The van der Waals surface area contributed by atoms with Crippen LogP contribution in [0, 0.1) is 5.92 Å². The van der Waals surface area contributed by atoms with Gasteiger partial charge >= 0.3 is 5.97 Å². The number of thioether (sulfide) groups is 1. The zero-order valence-corrected chi connectivity index (χ0v) is 31.9. The van der Waals surface area contributed by atoms with E-state index < -0.39 is 84.1 Å². The molecule has 1 aliphatic heterocycles. The SMILES string of the molecule is CSCC[C@@H]1NC(=O)[C@H](CC(C)C)NC(=O)C(CN)NC(=O)[C@H](Cc2ccccc2)NC(=O)[C@H](Cc2c[nH]c3ccccc23)NC(=O)[C@H](CC(=O)O)NC1=O. The van der Waals surface area contributed by atoms with E-state index in [0.29, 0.717) is 16.9 Å². The number of aromatic amines is 1. The van der Waals surface area contributed by atoms with Crippen LogP contribution in [-0.4, -0.2) is 106 Å². The van der Waals surface area contributed by atoms with E-state index in [1.807, 2.05) is 38.1 Å². The first-order chi connectivity index (χ1) is 26.3. The molecule has 1 unspecified atom stereocenters. The highest BCUT2D eigenvalue weighted by Crippen LogP contribution is 2.20. The van der Waals surface area contributed by atoms with Crippen molar-refractivity contribution in [2.24, 2.45) is 11.7 Å². The summed E-state index contributed by atoms with van der Waals surface area (Å²) < 4.78 is 0. The van der Waals surface area contributed by atoms with E-state index >= 15 is 0 Å². The number of aliphatic carboxylic acids is 1. The van der Waals surface area contributed by atoms with E-state index in [0.717, 1.165) is 10.9 Å². The van der Waals surface area contributed by atoms with Gasteiger partial charge in [-0.3, -0.25) is 33.6 Å². The van der Waals surface area contributed by atoms with E-state index in [1.54, 1.807) is 42.8 Å². The maximum absolute atomic E-state index is 14.2. The van der Waals surface area contributed by atoms with Crippen molar-refractivity contribution in [3.8, 4) is 0 Å². The zero-order chi connectivity index (χ0) is 40.1. The van der Waals surface area contributed by atoms with Gasteiger partial charge in [-0.25, -0.2) is 0 Å². The van der Waals surface area contributed by atoms with Crippen molar-refractivity contribution in [2.75, 3.05) is 18.6 Å². The highest BCUT2D eigenvalue weighted by Gasteiger charge is 2.36. The summed E-state index contributed by atoms with van der Waals surface area (Å²) >= 11 is 1.40. The minimum atomic E-state index is -1.66. The maximum Gasteiger partial charge on any atom is 0.305 e. The minimum Gasteiger partial charge on any atom is -0.481 e. The fourth-order valence-electron chi connectivity index (χ4n) is 6.25. The van der Waals surface area contributed by atoms with E-state index in [9.17, 15) is 38.7 Å². The second-order valence-corrected chi connectivity index (χ2v) is 14.9. The molecule has 0 radical (unpaired) electrons. The fraction of sp³-hybridized carbons (Fsp3) is 0.447. The first kappa shape index (κ1) is 42.3. The van der Waals surface area contributed by atoms with Crippen molar-refractivity contribution in [1.29, 1.82) is 0 Å². The van der Waals surface area contributed by atoms with E-state index in [2.05, 4.69) is 36.9 Å². The highest BCUT2D eigenvalue weighted by molar-refractivity contribution is 7.98. The molecule has 3 aromatic rings. The Labute approximate surface area is 323 Å². The monoisotopic (exact) mass is 778 g/mol. The number of nitrogens with one attached hydrogen (secondary N) is 7. The van der Waals surface area contributed by atoms with Crippen molar-refractivity contribution < 1.29 is 38.7 Å². The summed E-state index contributed by atoms with van der Waals surface area (Å²) in [4.78, 5) is 98.4. The number of para-hydroxylation sites is 1. The molecule has 55 heavy (non-hydrogen) atoms. The van der Waals surface area contributed by atoms with Crippen LogP contribution >= 0.6 is 11.8 Å². The molecule has 1 aromatic heterocycles. The second-order valence-electron chi connectivity index (χ2n) is 13.9. The number of aromatic nitrogens is 1. The fourth-order valence-corrected chi connectivity index (χ4v) is 6.72. The lowest BCUT2D eigenvalue weighted by molar-refractivity contribution is -0.141. The Morgan fingerprint density at radius 2 is 1.20 bits per heavy atom. The molecular weight excluding hydrogens is 729 g/mol. The average molecular weight is 779 g/mol. The number of rotatable bonds is 12. The van der Waals surface area contributed by atoms with Crippen molar-refractivity contribution in [1.82, 2.24) is 36.9 Å². The van der Waals surface area contributed by atoms with Crippen LogP contribution in [0.15, 0.2) is 60.8 Å². The van der Waals surface area contributed by atoms with Gasteiger partial charge in [0, 0.05) is 36.5 Å². The van der Waals surface area contributed by atoms with Gasteiger partial charge < -0.3 is 47.7 Å². The topological polar surface area (TPSA) is 254 Å². The lowest BCUT2D eigenvalue weighted by Crippen LogP contribution is -2.63. The Balaban J connectivity index is 1.79. The summed E-state index contributed by atoms with van der Waals surface area (Å²) in [6.07, 6.45) is 2.80. The number of hydrogen-bond donors (Lipinski definition) is 9. The Bertz CT molecular complexity index is 1840. The maximum atomic E-state index is 14.2. The minimum absolute atomic E-state index is 0.0153. The molecule has 0 bridgehead atoms. The summed E-state index contributed by atoms with van der Waals surface area (Å²) in [7, 11) is 0. The van der Waals surface area contributed by atoms with Gasteiger partial charge in [0.05, 0.1) is 6.42 Å². The molecule has 296 valence electrons. The van der Waals surface area contributed by atoms with Gasteiger partial charge in [0.25, 0.3) is 0 Å². The standard InChI is InChI=1S/C38H50N8O8S/c1-21(2)15-27-34(50)41-26(13-14-55-3)33(49)45-30(18-32(47)48)37(53)44-29(17-23-20-40-25-12-8-7-11-24(23)25)36(52)43-28(16-22-9-5-4-6-10-22)35(51)46-31(19-39)38(54)42-27/h4-12,20-21,26-31,40H,13-19,39H2,1-3H3,(H,41,50)(H,42,54)(H,43,52)(H,44,53)(H,45,49)(H,46,51)(H,47,48)/t26-,27-,28-,29-,30-,31?/m0/s1. The number of carboxylic acid groups (broad SMARTS) is 1. The molecule has 10 N–H and O–H groups in total. The van der Waals surface area contributed by atoms with Crippen LogP contribution in [0.2, 0.25) is 0 Å². The Hall–Kier alpha value is -5.42. The Morgan fingerprint density at radius 1 is 0.691 bits per heavy atom. The summed E-state index contributed by atoms with van der Waals surface area (Å²) in [6, 6.07) is 8.13. The molecule has 0 aliphatic carbocycles.